The van der Waals surface area contributed by atoms with Gasteiger partial charge in [0.2, 0.25) is 5.91 Å². The minimum absolute atomic E-state index is 0.00632. The van der Waals surface area contributed by atoms with Crippen LogP contribution < -0.4 is 10.6 Å². The maximum Gasteiger partial charge on any atom is 0.251 e. The number of amides is 2. The average molecular weight is 401 g/mol. The van der Waals surface area contributed by atoms with Crippen LogP contribution in [0.15, 0.2) is 18.2 Å². The number of anilines is 1. The summed E-state index contributed by atoms with van der Waals surface area (Å²) in [4.78, 5) is 32.9. The Morgan fingerprint density at radius 3 is 2.75 bits per heavy atom. The molecule has 1 aliphatic heterocycles. The SMILES string of the molecule is Cc1nc(C)c(CNC(=O)c2ccc(C)c(NC(=O)C3CCCN(C)C3)c2)s1. The van der Waals surface area contributed by atoms with Crippen molar-refractivity contribution < 1.29 is 9.59 Å². The van der Waals surface area contributed by atoms with Gasteiger partial charge in [0.1, 0.15) is 0 Å². The number of nitrogens with zero attached hydrogens (tertiary/aromatic N) is 2. The number of rotatable bonds is 5. The van der Waals surface area contributed by atoms with Crippen LogP contribution in [0.5, 0.6) is 0 Å². The van der Waals surface area contributed by atoms with Gasteiger partial charge >= 0.3 is 0 Å². The van der Waals surface area contributed by atoms with Crippen molar-refractivity contribution in [3.05, 3.63) is 44.9 Å². The number of likely N-dealkylation sites (tertiary alicyclic amines) is 1. The Morgan fingerprint density at radius 2 is 2.07 bits per heavy atom. The normalized spacial score (nSPS) is 17.4. The molecule has 0 saturated carbocycles. The number of benzene rings is 1. The molecule has 2 heterocycles. The molecule has 6 nitrogen and oxygen atoms in total. The highest BCUT2D eigenvalue weighted by molar-refractivity contribution is 7.11. The molecule has 28 heavy (non-hydrogen) atoms. The van der Waals surface area contributed by atoms with E-state index < -0.39 is 0 Å². The molecule has 1 aromatic heterocycles. The number of piperidine rings is 1. The molecule has 1 unspecified atom stereocenters. The van der Waals surface area contributed by atoms with E-state index in [1.807, 2.05) is 33.9 Å². The first-order valence-electron chi connectivity index (χ1n) is 9.64. The second kappa shape index (κ2) is 8.84. The molecule has 1 aromatic carbocycles. The van der Waals surface area contributed by atoms with Gasteiger partial charge in [-0.05, 0) is 64.9 Å². The molecule has 1 atom stereocenters. The number of carbonyl (C=O) groups is 2. The van der Waals surface area contributed by atoms with Crippen molar-refractivity contribution in [1.82, 2.24) is 15.2 Å². The predicted octanol–water partition coefficient (Wildman–Crippen LogP) is 3.28. The summed E-state index contributed by atoms with van der Waals surface area (Å²) >= 11 is 1.59. The molecule has 150 valence electrons. The molecule has 3 rings (SSSR count). The minimum atomic E-state index is -0.154. The van der Waals surface area contributed by atoms with Gasteiger partial charge in [0.25, 0.3) is 5.91 Å². The first-order valence-corrected chi connectivity index (χ1v) is 10.5. The van der Waals surface area contributed by atoms with Crippen molar-refractivity contribution in [2.75, 3.05) is 25.5 Å². The highest BCUT2D eigenvalue weighted by Crippen LogP contribution is 2.22. The summed E-state index contributed by atoms with van der Waals surface area (Å²) in [6, 6.07) is 5.43. The molecular weight excluding hydrogens is 372 g/mol. The van der Waals surface area contributed by atoms with Crippen molar-refractivity contribution in [3.8, 4) is 0 Å². The fraction of sp³-hybridized carbons (Fsp3) is 0.476. The van der Waals surface area contributed by atoms with Crippen molar-refractivity contribution in [3.63, 3.8) is 0 Å². The van der Waals surface area contributed by atoms with E-state index >= 15 is 0 Å². The van der Waals surface area contributed by atoms with Gasteiger partial charge in [0.05, 0.1) is 23.2 Å². The summed E-state index contributed by atoms with van der Waals surface area (Å²) in [5, 5.41) is 6.97. The lowest BCUT2D eigenvalue weighted by atomic mass is 9.97. The third-order valence-electron chi connectivity index (χ3n) is 5.16. The van der Waals surface area contributed by atoms with E-state index in [0.717, 1.165) is 47.1 Å². The highest BCUT2D eigenvalue weighted by atomic mass is 32.1. The lowest BCUT2D eigenvalue weighted by Gasteiger charge is -2.28. The Kier molecular flexibility index (Phi) is 6.46. The van der Waals surface area contributed by atoms with Gasteiger partial charge in [0, 0.05) is 22.7 Å². The Morgan fingerprint density at radius 1 is 1.29 bits per heavy atom. The number of aromatic nitrogens is 1. The van der Waals surface area contributed by atoms with Crippen molar-refractivity contribution in [1.29, 1.82) is 0 Å². The molecule has 7 heteroatoms. The Hall–Kier alpha value is -2.25. The number of thiazole rings is 1. The van der Waals surface area contributed by atoms with Crippen LogP contribution in [0.25, 0.3) is 0 Å². The van der Waals surface area contributed by atoms with Crippen LogP contribution in [-0.2, 0) is 11.3 Å². The van der Waals surface area contributed by atoms with E-state index in [9.17, 15) is 9.59 Å². The molecular formula is C21H28N4O2S. The summed E-state index contributed by atoms with van der Waals surface area (Å²) in [5.41, 5.74) is 3.15. The van der Waals surface area contributed by atoms with Gasteiger partial charge < -0.3 is 15.5 Å². The molecule has 1 aliphatic rings. The van der Waals surface area contributed by atoms with Crippen molar-refractivity contribution in [2.45, 2.75) is 40.2 Å². The zero-order valence-electron chi connectivity index (χ0n) is 17.0. The standard InChI is InChI=1S/C21H28N4O2S/c1-13-7-8-16(20(26)22-11-19-14(2)23-15(3)28-19)10-18(13)24-21(27)17-6-5-9-25(4)12-17/h7-8,10,17H,5-6,9,11-12H2,1-4H3,(H,22,26)(H,24,27). The summed E-state index contributed by atoms with van der Waals surface area (Å²) in [7, 11) is 2.04. The molecule has 2 amide bonds. The summed E-state index contributed by atoms with van der Waals surface area (Å²) in [6.45, 7) is 8.12. The second-order valence-electron chi connectivity index (χ2n) is 7.54. The molecule has 1 saturated heterocycles. The molecule has 2 N–H and O–H groups in total. The maximum atomic E-state index is 12.7. The van der Waals surface area contributed by atoms with Crippen LogP contribution in [0.2, 0.25) is 0 Å². The zero-order chi connectivity index (χ0) is 20.3. The van der Waals surface area contributed by atoms with Gasteiger partial charge in [-0.3, -0.25) is 9.59 Å². The fourth-order valence-corrected chi connectivity index (χ4v) is 4.39. The van der Waals surface area contributed by atoms with Crippen LogP contribution in [0.1, 0.15) is 44.3 Å². The number of nitrogens with one attached hydrogen (secondary N) is 2. The van der Waals surface area contributed by atoms with Crippen LogP contribution in [0, 0.1) is 26.7 Å². The minimum Gasteiger partial charge on any atom is -0.347 e. The van der Waals surface area contributed by atoms with Crippen LogP contribution in [0.3, 0.4) is 0 Å². The Bertz CT molecular complexity index is 877. The quantitative estimate of drug-likeness (QED) is 0.808. The monoisotopic (exact) mass is 400 g/mol. The molecule has 2 aromatic rings. The van der Waals surface area contributed by atoms with E-state index in [4.69, 9.17) is 0 Å². The first-order chi connectivity index (χ1) is 13.3. The third kappa shape index (κ3) is 4.97. The summed E-state index contributed by atoms with van der Waals surface area (Å²) < 4.78 is 0. The van der Waals surface area contributed by atoms with Crippen molar-refractivity contribution >= 4 is 28.8 Å². The molecule has 0 aliphatic carbocycles. The number of hydrogen-bond acceptors (Lipinski definition) is 5. The zero-order valence-corrected chi connectivity index (χ0v) is 17.8. The van der Waals surface area contributed by atoms with Crippen LogP contribution in [-0.4, -0.2) is 41.8 Å². The molecule has 0 radical (unpaired) electrons. The van der Waals surface area contributed by atoms with Crippen LogP contribution >= 0.6 is 11.3 Å². The number of hydrogen-bond donors (Lipinski definition) is 2. The van der Waals surface area contributed by atoms with Crippen molar-refractivity contribution in [2.24, 2.45) is 5.92 Å². The van der Waals surface area contributed by atoms with E-state index in [1.54, 1.807) is 23.5 Å². The van der Waals surface area contributed by atoms with Gasteiger partial charge in [-0.1, -0.05) is 6.07 Å². The van der Waals surface area contributed by atoms with Gasteiger partial charge in [0.15, 0.2) is 0 Å². The summed E-state index contributed by atoms with van der Waals surface area (Å²) in [5.74, 6) is -0.130. The van der Waals surface area contributed by atoms with Crippen LogP contribution in [0.4, 0.5) is 5.69 Å². The predicted molar refractivity (Wildman–Crippen MR) is 113 cm³/mol. The number of aryl methyl sites for hydroxylation is 3. The molecule has 1 fully saturated rings. The lowest BCUT2D eigenvalue weighted by molar-refractivity contribution is -0.121. The third-order valence-corrected chi connectivity index (χ3v) is 6.23. The first kappa shape index (κ1) is 20.5. The van der Waals surface area contributed by atoms with E-state index in [2.05, 4.69) is 20.5 Å². The van der Waals surface area contributed by atoms with Gasteiger partial charge in [-0.25, -0.2) is 4.98 Å². The average Bonchev–Trinajstić information content (AvgIpc) is 2.98. The van der Waals surface area contributed by atoms with E-state index in [-0.39, 0.29) is 17.7 Å². The van der Waals surface area contributed by atoms with E-state index in [1.165, 1.54) is 0 Å². The fourth-order valence-electron chi connectivity index (χ4n) is 3.51. The van der Waals surface area contributed by atoms with Gasteiger partial charge in [-0.2, -0.15) is 0 Å². The topological polar surface area (TPSA) is 74.3 Å². The maximum absolute atomic E-state index is 12.7. The highest BCUT2D eigenvalue weighted by Gasteiger charge is 2.24. The molecule has 0 spiro atoms. The Labute approximate surface area is 170 Å². The second-order valence-corrected chi connectivity index (χ2v) is 8.83. The number of carbonyl (C=O) groups excluding carboxylic acids is 2. The smallest absolute Gasteiger partial charge is 0.251 e. The largest absolute Gasteiger partial charge is 0.347 e. The Balaban J connectivity index is 1.65. The molecule has 0 bridgehead atoms. The summed E-state index contributed by atoms with van der Waals surface area (Å²) in [6.07, 6.45) is 1.94. The lowest BCUT2D eigenvalue weighted by Crippen LogP contribution is -2.38. The van der Waals surface area contributed by atoms with E-state index in [0.29, 0.717) is 17.8 Å². The van der Waals surface area contributed by atoms with Gasteiger partial charge in [-0.15, -0.1) is 11.3 Å².